The lowest BCUT2D eigenvalue weighted by Gasteiger charge is -2.04. The minimum absolute atomic E-state index is 0.826. The van der Waals surface area contributed by atoms with Gasteiger partial charge in [0.1, 0.15) is 0 Å². The van der Waals surface area contributed by atoms with Crippen LogP contribution < -0.4 is 0 Å². The van der Waals surface area contributed by atoms with Gasteiger partial charge in [-0.15, -0.1) is 12.6 Å². The van der Waals surface area contributed by atoms with Crippen LogP contribution in [0.15, 0.2) is 29.4 Å². The van der Waals surface area contributed by atoms with Gasteiger partial charge in [0.2, 0.25) is 0 Å². The average molecular weight is 220 g/mol. The van der Waals surface area contributed by atoms with Crippen LogP contribution in [0.25, 0.3) is 11.0 Å². The number of nitrogens with zero attached hydrogens (tertiary/aromatic N) is 2. The quantitative estimate of drug-likeness (QED) is 0.616. The first-order chi connectivity index (χ1) is 7.33. The number of fused-ring (bicyclic) bond motifs is 1. The van der Waals surface area contributed by atoms with E-state index in [0.29, 0.717) is 0 Å². The molecule has 1 aromatic carbocycles. The molecule has 80 valence electrons. The van der Waals surface area contributed by atoms with Gasteiger partial charge in [-0.2, -0.15) is 0 Å². The maximum atomic E-state index is 4.42. The third-order valence-corrected chi connectivity index (χ3v) is 2.96. The Hall–Kier alpha value is -0.960. The lowest BCUT2D eigenvalue weighted by molar-refractivity contribution is 0.580. The monoisotopic (exact) mass is 220 g/mol. The molecule has 0 aliphatic carbocycles. The van der Waals surface area contributed by atoms with E-state index in [1.165, 1.54) is 24.8 Å². The van der Waals surface area contributed by atoms with Crippen molar-refractivity contribution in [3.8, 4) is 0 Å². The van der Waals surface area contributed by atoms with Crippen molar-refractivity contribution in [3.05, 3.63) is 24.3 Å². The molecule has 0 N–H and O–H groups in total. The van der Waals surface area contributed by atoms with Crippen LogP contribution in [-0.4, -0.2) is 9.55 Å². The molecule has 0 amide bonds. The number of benzene rings is 1. The summed E-state index contributed by atoms with van der Waals surface area (Å²) in [6, 6.07) is 8.20. The molecule has 0 atom stereocenters. The van der Waals surface area contributed by atoms with Crippen molar-refractivity contribution in [2.75, 3.05) is 0 Å². The molecule has 3 heteroatoms. The Bertz CT molecular complexity index is 448. The standard InChI is InChI=1S/C12H16N2S/c1-2-3-6-9-14-11-8-5-4-7-10(11)13-12(14)15/h4-5,7-8H,2-3,6,9H2,1H3,(H,13,15). The lowest BCUT2D eigenvalue weighted by Crippen LogP contribution is -1.98. The molecule has 0 aliphatic heterocycles. The third-order valence-electron chi connectivity index (χ3n) is 2.62. The number of thiol groups is 1. The van der Waals surface area contributed by atoms with Crippen molar-refractivity contribution in [2.24, 2.45) is 0 Å². The predicted octanol–water partition coefficient (Wildman–Crippen LogP) is 3.52. The smallest absolute Gasteiger partial charge is 0.165 e. The fourth-order valence-corrected chi connectivity index (χ4v) is 2.12. The van der Waals surface area contributed by atoms with Gasteiger partial charge in [0.25, 0.3) is 0 Å². The Morgan fingerprint density at radius 2 is 2.07 bits per heavy atom. The highest BCUT2D eigenvalue weighted by atomic mass is 32.1. The zero-order valence-electron chi connectivity index (χ0n) is 8.98. The summed E-state index contributed by atoms with van der Waals surface area (Å²) in [5.74, 6) is 0. The van der Waals surface area contributed by atoms with Gasteiger partial charge in [0.15, 0.2) is 5.16 Å². The van der Waals surface area contributed by atoms with E-state index < -0.39 is 0 Å². The fourth-order valence-electron chi connectivity index (χ4n) is 1.80. The summed E-state index contributed by atoms with van der Waals surface area (Å²) in [5.41, 5.74) is 2.23. The molecule has 0 saturated heterocycles. The molecule has 0 bridgehead atoms. The molecule has 0 radical (unpaired) electrons. The summed E-state index contributed by atoms with van der Waals surface area (Å²) >= 11 is 4.41. The number of hydrogen-bond acceptors (Lipinski definition) is 2. The van der Waals surface area contributed by atoms with Gasteiger partial charge >= 0.3 is 0 Å². The van der Waals surface area contributed by atoms with Gasteiger partial charge in [-0.3, -0.25) is 0 Å². The summed E-state index contributed by atoms with van der Waals surface area (Å²) in [7, 11) is 0. The van der Waals surface area contributed by atoms with E-state index in [4.69, 9.17) is 0 Å². The fraction of sp³-hybridized carbons (Fsp3) is 0.417. The number of hydrogen-bond donors (Lipinski definition) is 1. The SMILES string of the molecule is CCCCCn1c(S)nc2ccccc21. The number of rotatable bonds is 4. The van der Waals surface area contributed by atoms with E-state index in [1.54, 1.807) is 0 Å². The Morgan fingerprint density at radius 3 is 2.87 bits per heavy atom. The highest BCUT2D eigenvalue weighted by Crippen LogP contribution is 2.19. The normalized spacial score (nSPS) is 11.1. The van der Waals surface area contributed by atoms with Gasteiger partial charge in [-0.05, 0) is 18.6 Å². The Labute approximate surface area is 95.7 Å². The zero-order chi connectivity index (χ0) is 10.7. The van der Waals surface area contributed by atoms with Gasteiger partial charge in [-0.25, -0.2) is 4.98 Å². The largest absolute Gasteiger partial charge is 0.319 e. The molecule has 0 spiro atoms. The van der Waals surface area contributed by atoms with Gasteiger partial charge < -0.3 is 4.57 Å². The summed E-state index contributed by atoms with van der Waals surface area (Å²) in [4.78, 5) is 4.42. The summed E-state index contributed by atoms with van der Waals surface area (Å²) in [5, 5.41) is 0.826. The topological polar surface area (TPSA) is 17.8 Å². The van der Waals surface area contributed by atoms with Crippen LogP contribution in [0.4, 0.5) is 0 Å². The van der Waals surface area contributed by atoms with E-state index in [1.807, 2.05) is 18.2 Å². The van der Waals surface area contributed by atoms with Crippen LogP contribution in [0.3, 0.4) is 0 Å². The first kappa shape index (κ1) is 10.6. The summed E-state index contributed by atoms with van der Waals surface area (Å²) in [6.45, 7) is 3.24. The molecule has 0 fully saturated rings. The molecule has 0 unspecified atom stereocenters. The molecule has 0 aliphatic rings. The molecule has 1 heterocycles. The van der Waals surface area contributed by atoms with Gasteiger partial charge in [0.05, 0.1) is 11.0 Å². The molecule has 2 rings (SSSR count). The first-order valence-corrected chi connectivity index (χ1v) is 5.92. The van der Waals surface area contributed by atoms with E-state index in [2.05, 4.69) is 35.2 Å². The van der Waals surface area contributed by atoms with E-state index in [0.717, 1.165) is 17.2 Å². The molecule has 1 aromatic heterocycles. The number of aryl methyl sites for hydroxylation is 1. The van der Waals surface area contributed by atoms with E-state index >= 15 is 0 Å². The van der Waals surface area contributed by atoms with Crippen molar-refractivity contribution >= 4 is 23.7 Å². The van der Waals surface area contributed by atoms with Crippen LogP contribution >= 0.6 is 12.6 Å². The average Bonchev–Trinajstić information content (AvgIpc) is 2.56. The molecule has 2 nitrogen and oxygen atoms in total. The van der Waals surface area contributed by atoms with Crippen LogP contribution in [-0.2, 0) is 6.54 Å². The van der Waals surface area contributed by atoms with Crippen LogP contribution in [0.5, 0.6) is 0 Å². The molecule has 15 heavy (non-hydrogen) atoms. The van der Waals surface area contributed by atoms with Gasteiger partial charge in [-0.1, -0.05) is 31.9 Å². The minimum atomic E-state index is 0.826. The number of aromatic nitrogens is 2. The van der Waals surface area contributed by atoms with Crippen molar-refractivity contribution in [2.45, 2.75) is 37.9 Å². The first-order valence-electron chi connectivity index (χ1n) is 5.47. The molecular weight excluding hydrogens is 204 g/mol. The second-order valence-corrected chi connectivity index (χ2v) is 4.16. The number of para-hydroxylation sites is 2. The maximum absolute atomic E-state index is 4.42. The number of imidazole rings is 1. The second-order valence-electron chi connectivity index (χ2n) is 3.76. The van der Waals surface area contributed by atoms with Gasteiger partial charge in [0, 0.05) is 6.54 Å². The second kappa shape index (κ2) is 4.71. The van der Waals surface area contributed by atoms with E-state index in [9.17, 15) is 0 Å². The Morgan fingerprint density at radius 1 is 1.27 bits per heavy atom. The Kier molecular flexibility index (Phi) is 3.31. The molecule has 2 aromatic rings. The highest BCUT2D eigenvalue weighted by molar-refractivity contribution is 7.80. The predicted molar refractivity (Wildman–Crippen MR) is 66.5 cm³/mol. The minimum Gasteiger partial charge on any atom is -0.319 e. The van der Waals surface area contributed by atoms with Crippen LogP contribution in [0.2, 0.25) is 0 Å². The van der Waals surface area contributed by atoms with Crippen molar-refractivity contribution in [3.63, 3.8) is 0 Å². The van der Waals surface area contributed by atoms with E-state index in [-0.39, 0.29) is 0 Å². The van der Waals surface area contributed by atoms with Crippen molar-refractivity contribution < 1.29 is 0 Å². The van der Waals surface area contributed by atoms with Crippen molar-refractivity contribution in [1.82, 2.24) is 9.55 Å². The lowest BCUT2D eigenvalue weighted by atomic mass is 10.2. The maximum Gasteiger partial charge on any atom is 0.165 e. The molecular formula is C12H16N2S. The summed E-state index contributed by atoms with van der Waals surface area (Å²) in [6.07, 6.45) is 3.71. The van der Waals surface area contributed by atoms with Crippen LogP contribution in [0.1, 0.15) is 26.2 Å². The Balaban J connectivity index is 2.28. The highest BCUT2D eigenvalue weighted by Gasteiger charge is 2.05. The summed E-state index contributed by atoms with van der Waals surface area (Å²) < 4.78 is 2.19. The third kappa shape index (κ3) is 2.17. The van der Waals surface area contributed by atoms with Crippen molar-refractivity contribution in [1.29, 1.82) is 0 Å². The number of unbranched alkanes of at least 4 members (excludes halogenated alkanes) is 2. The van der Waals surface area contributed by atoms with Crippen LogP contribution in [0, 0.1) is 0 Å². The zero-order valence-corrected chi connectivity index (χ0v) is 9.87. The molecule has 0 saturated carbocycles.